The molecule has 1 aliphatic carbocycles. The lowest BCUT2D eigenvalue weighted by atomic mass is 10.00. The van der Waals surface area contributed by atoms with Gasteiger partial charge in [0.05, 0.1) is 5.52 Å². The fraction of sp³-hybridized carbons (Fsp3) is 0.267. The van der Waals surface area contributed by atoms with Crippen LogP contribution < -0.4 is 5.73 Å². The van der Waals surface area contributed by atoms with Crippen molar-refractivity contribution in [3.05, 3.63) is 35.0 Å². The molecule has 5 heteroatoms. The van der Waals surface area contributed by atoms with E-state index in [0.717, 1.165) is 23.4 Å². The Bertz CT molecular complexity index is 822. The molecule has 0 radical (unpaired) electrons. The van der Waals surface area contributed by atoms with Gasteiger partial charge in [-0.05, 0) is 37.3 Å². The summed E-state index contributed by atoms with van der Waals surface area (Å²) in [7, 11) is 0. The van der Waals surface area contributed by atoms with Gasteiger partial charge in [0, 0.05) is 16.6 Å². The van der Waals surface area contributed by atoms with Crippen LogP contribution in [0.4, 0.5) is 5.13 Å². The molecule has 0 saturated heterocycles. The highest BCUT2D eigenvalue weighted by Gasteiger charge is 2.23. The quantitative estimate of drug-likeness (QED) is 0.744. The average molecular weight is 282 g/mol. The van der Waals surface area contributed by atoms with Crippen molar-refractivity contribution in [1.29, 1.82) is 0 Å². The van der Waals surface area contributed by atoms with Crippen LogP contribution in [-0.2, 0) is 12.8 Å². The Hall–Kier alpha value is -2.01. The Labute approximate surface area is 120 Å². The van der Waals surface area contributed by atoms with Crippen LogP contribution in [0.15, 0.2) is 18.2 Å². The lowest BCUT2D eigenvalue weighted by Crippen LogP contribution is -1.96. The van der Waals surface area contributed by atoms with Crippen LogP contribution in [0.3, 0.4) is 0 Å². The van der Waals surface area contributed by atoms with Crippen molar-refractivity contribution in [3.8, 4) is 10.6 Å². The number of rotatable bonds is 1. The molecule has 1 aromatic carbocycles. The van der Waals surface area contributed by atoms with E-state index in [4.69, 9.17) is 10.7 Å². The number of nitrogens with two attached hydrogens (primary N) is 1. The van der Waals surface area contributed by atoms with Crippen LogP contribution in [0.25, 0.3) is 21.5 Å². The molecule has 0 saturated carbocycles. The van der Waals surface area contributed by atoms with Crippen LogP contribution in [0.2, 0.25) is 0 Å². The van der Waals surface area contributed by atoms with Gasteiger partial charge >= 0.3 is 0 Å². The molecule has 20 heavy (non-hydrogen) atoms. The maximum atomic E-state index is 5.76. The number of hydrogen-bond acceptors (Lipinski definition) is 5. The first-order valence-electron chi connectivity index (χ1n) is 6.74. The Morgan fingerprint density at radius 3 is 2.90 bits per heavy atom. The fourth-order valence-corrected chi connectivity index (χ4v) is 3.70. The van der Waals surface area contributed by atoms with Gasteiger partial charge in [-0.1, -0.05) is 29.5 Å². The number of hydrogen-bond donors (Lipinski definition) is 1. The number of nitrogen functional groups attached to an aromatic ring is 1. The minimum Gasteiger partial charge on any atom is -0.374 e. The summed E-state index contributed by atoms with van der Waals surface area (Å²) in [4.78, 5) is 4.87. The standard InChI is InChI=1S/C15H14N4S/c1-8-4-2-6-10-12(14-18-19-15(16)20-14)9-5-3-7-11(9)17-13(8)10/h2,4,6H,3,5,7H2,1H3,(H2,16,19). The normalized spacial score (nSPS) is 13.8. The van der Waals surface area contributed by atoms with Crippen LogP contribution >= 0.6 is 11.3 Å². The van der Waals surface area contributed by atoms with E-state index in [9.17, 15) is 0 Å². The van der Waals surface area contributed by atoms with Gasteiger partial charge in [0.2, 0.25) is 5.13 Å². The molecule has 0 unspecified atom stereocenters. The van der Waals surface area contributed by atoms with Gasteiger partial charge < -0.3 is 5.73 Å². The van der Waals surface area contributed by atoms with Gasteiger partial charge in [-0.2, -0.15) is 0 Å². The zero-order valence-electron chi connectivity index (χ0n) is 11.2. The number of aromatic nitrogens is 3. The van der Waals surface area contributed by atoms with E-state index in [1.54, 1.807) is 0 Å². The second-order valence-corrected chi connectivity index (χ2v) is 6.19. The zero-order valence-corrected chi connectivity index (χ0v) is 12.0. The molecule has 3 aromatic rings. The van der Waals surface area contributed by atoms with Crippen LogP contribution in [0.1, 0.15) is 23.2 Å². The molecule has 1 aliphatic rings. The lowest BCUT2D eigenvalue weighted by Gasteiger charge is -2.11. The zero-order chi connectivity index (χ0) is 13.7. The predicted octanol–water partition coefficient (Wildman–Crippen LogP) is 3.13. The number of para-hydroxylation sites is 1. The highest BCUT2D eigenvalue weighted by atomic mass is 32.1. The summed E-state index contributed by atoms with van der Waals surface area (Å²) >= 11 is 1.46. The van der Waals surface area contributed by atoms with Crippen LogP contribution in [0.5, 0.6) is 0 Å². The smallest absolute Gasteiger partial charge is 0.203 e. The SMILES string of the molecule is Cc1cccc2c(-c3nnc(N)s3)c3c(nc12)CCC3. The van der Waals surface area contributed by atoms with E-state index in [-0.39, 0.29) is 0 Å². The number of benzene rings is 1. The largest absolute Gasteiger partial charge is 0.374 e. The predicted molar refractivity (Wildman–Crippen MR) is 81.8 cm³/mol. The highest BCUT2D eigenvalue weighted by molar-refractivity contribution is 7.18. The molecule has 100 valence electrons. The Morgan fingerprint density at radius 2 is 2.10 bits per heavy atom. The van der Waals surface area contributed by atoms with Crippen molar-refractivity contribution < 1.29 is 0 Å². The molecule has 0 fully saturated rings. The molecular formula is C15H14N4S. The Balaban J connectivity index is 2.14. The van der Waals surface area contributed by atoms with Crippen molar-refractivity contribution in [2.45, 2.75) is 26.2 Å². The first-order chi connectivity index (χ1) is 9.74. The molecule has 0 aliphatic heterocycles. The number of pyridine rings is 1. The van der Waals surface area contributed by atoms with Crippen molar-refractivity contribution in [3.63, 3.8) is 0 Å². The Morgan fingerprint density at radius 1 is 1.20 bits per heavy atom. The topological polar surface area (TPSA) is 64.7 Å². The number of anilines is 1. The molecule has 0 amide bonds. The summed E-state index contributed by atoms with van der Waals surface area (Å²) in [6, 6.07) is 6.31. The van der Waals surface area contributed by atoms with Gasteiger partial charge in [-0.15, -0.1) is 10.2 Å². The molecule has 2 heterocycles. The van der Waals surface area contributed by atoms with E-state index < -0.39 is 0 Å². The van der Waals surface area contributed by atoms with E-state index in [2.05, 4.69) is 35.3 Å². The third-order valence-electron chi connectivity index (χ3n) is 3.90. The van der Waals surface area contributed by atoms with E-state index in [1.807, 2.05) is 0 Å². The summed E-state index contributed by atoms with van der Waals surface area (Å²) < 4.78 is 0. The van der Waals surface area contributed by atoms with Crippen LogP contribution in [0, 0.1) is 6.92 Å². The first-order valence-corrected chi connectivity index (χ1v) is 7.56. The van der Waals surface area contributed by atoms with E-state index in [1.165, 1.54) is 45.5 Å². The summed E-state index contributed by atoms with van der Waals surface area (Å²) in [5.41, 5.74) is 11.8. The van der Waals surface area contributed by atoms with Gasteiger partial charge in [0.15, 0.2) is 5.01 Å². The van der Waals surface area contributed by atoms with Gasteiger partial charge in [-0.25, -0.2) is 0 Å². The number of fused-ring (bicyclic) bond motifs is 2. The molecule has 0 spiro atoms. The third-order valence-corrected chi connectivity index (χ3v) is 4.67. The molecule has 4 nitrogen and oxygen atoms in total. The first kappa shape index (κ1) is 11.8. The lowest BCUT2D eigenvalue weighted by molar-refractivity contribution is 0.901. The van der Waals surface area contributed by atoms with Crippen LogP contribution in [-0.4, -0.2) is 15.2 Å². The third kappa shape index (κ3) is 1.63. The molecule has 0 bridgehead atoms. The molecule has 4 rings (SSSR count). The fourth-order valence-electron chi connectivity index (χ4n) is 3.01. The average Bonchev–Trinajstić information content (AvgIpc) is 3.05. The highest BCUT2D eigenvalue weighted by Crippen LogP contribution is 2.39. The summed E-state index contributed by atoms with van der Waals surface area (Å²) in [5, 5.41) is 10.8. The van der Waals surface area contributed by atoms with Crippen molar-refractivity contribution >= 4 is 27.4 Å². The van der Waals surface area contributed by atoms with Crippen molar-refractivity contribution in [2.24, 2.45) is 0 Å². The summed E-state index contributed by atoms with van der Waals surface area (Å²) in [5.74, 6) is 0. The monoisotopic (exact) mass is 282 g/mol. The maximum absolute atomic E-state index is 5.76. The molecule has 2 aromatic heterocycles. The molecular weight excluding hydrogens is 268 g/mol. The number of aryl methyl sites for hydroxylation is 2. The van der Waals surface area contributed by atoms with Crippen molar-refractivity contribution in [1.82, 2.24) is 15.2 Å². The van der Waals surface area contributed by atoms with Gasteiger partial charge in [0.25, 0.3) is 0 Å². The number of nitrogens with zero attached hydrogens (tertiary/aromatic N) is 3. The summed E-state index contributed by atoms with van der Waals surface area (Å²) in [6.07, 6.45) is 3.29. The summed E-state index contributed by atoms with van der Waals surface area (Å²) in [6.45, 7) is 2.11. The van der Waals surface area contributed by atoms with Crippen molar-refractivity contribution in [2.75, 3.05) is 5.73 Å². The minimum atomic E-state index is 0.518. The maximum Gasteiger partial charge on any atom is 0.203 e. The molecule has 2 N–H and O–H groups in total. The Kier molecular flexibility index (Phi) is 2.50. The second kappa shape index (κ2) is 4.24. The second-order valence-electron chi connectivity index (χ2n) is 5.18. The minimum absolute atomic E-state index is 0.518. The van der Waals surface area contributed by atoms with E-state index >= 15 is 0 Å². The van der Waals surface area contributed by atoms with E-state index in [0.29, 0.717) is 5.13 Å². The van der Waals surface area contributed by atoms with Gasteiger partial charge in [-0.3, -0.25) is 4.98 Å². The molecule has 0 atom stereocenters. The van der Waals surface area contributed by atoms with Gasteiger partial charge in [0.1, 0.15) is 0 Å².